The summed E-state index contributed by atoms with van der Waals surface area (Å²) in [7, 11) is 1.70. The van der Waals surface area contributed by atoms with E-state index < -0.39 is 5.92 Å². The summed E-state index contributed by atoms with van der Waals surface area (Å²) in [6.07, 6.45) is 7.14. The maximum atomic E-state index is 13.8. The topological polar surface area (TPSA) is 85.0 Å². The van der Waals surface area contributed by atoms with Gasteiger partial charge in [-0.15, -0.1) is 0 Å². The average molecular weight is 547 g/mol. The van der Waals surface area contributed by atoms with Crippen molar-refractivity contribution in [2.75, 3.05) is 16.3 Å². The molecule has 0 bridgehead atoms. The molecule has 4 aromatic rings. The monoisotopic (exact) mass is 546 g/mol. The molecule has 40 heavy (non-hydrogen) atoms. The van der Waals surface area contributed by atoms with Crippen molar-refractivity contribution in [2.45, 2.75) is 65.1 Å². The molecule has 208 valence electrons. The predicted octanol–water partition coefficient (Wildman–Crippen LogP) is 5.26. The van der Waals surface area contributed by atoms with Crippen molar-refractivity contribution in [3.05, 3.63) is 59.7 Å². The molecular weight excluding hydrogens is 514 g/mol. The Bertz CT molecular complexity index is 1580. The largest absolute Gasteiger partial charge is 0.341 e. The molecule has 0 N–H and O–H groups in total. The number of aryl methyl sites for hydroxylation is 2. The fourth-order valence-corrected chi connectivity index (χ4v) is 5.28. The van der Waals surface area contributed by atoms with Crippen molar-refractivity contribution >= 4 is 17.4 Å². The van der Waals surface area contributed by atoms with E-state index >= 15 is 0 Å². The van der Waals surface area contributed by atoms with Crippen LogP contribution >= 0.6 is 0 Å². The number of benzene rings is 1. The van der Waals surface area contributed by atoms with Crippen molar-refractivity contribution in [1.82, 2.24) is 29.3 Å². The summed E-state index contributed by atoms with van der Waals surface area (Å²) >= 11 is 0. The van der Waals surface area contributed by atoms with Crippen LogP contribution < -0.4 is 9.80 Å². The second kappa shape index (κ2) is 9.50. The first kappa shape index (κ1) is 26.1. The lowest BCUT2D eigenvalue weighted by atomic mass is 10.1. The fourth-order valence-electron chi connectivity index (χ4n) is 5.28. The van der Waals surface area contributed by atoms with Crippen LogP contribution in [0.25, 0.3) is 22.9 Å². The van der Waals surface area contributed by atoms with E-state index in [4.69, 9.17) is 9.97 Å². The molecule has 1 amide bonds. The molecule has 9 nitrogen and oxygen atoms in total. The van der Waals surface area contributed by atoms with E-state index in [1.165, 1.54) is 6.20 Å². The predicted molar refractivity (Wildman–Crippen MR) is 148 cm³/mol. The van der Waals surface area contributed by atoms with Crippen LogP contribution in [-0.2, 0) is 24.3 Å². The van der Waals surface area contributed by atoms with Crippen LogP contribution in [0.15, 0.2) is 42.9 Å². The van der Waals surface area contributed by atoms with Gasteiger partial charge >= 0.3 is 0 Å². The Labute approximate surface area is 231 Å². The second-order valence-electron chi connectivity index (χ2n) is 11.1. The Morgan fingerprint density at radius 1 is 1.10 bits per heavy atom. The van der Waals surface area contributed by atoms with Gasteiger partial charge in [0.1, 0.15) is 22.9 Å². The number of carbonyl (C=O) groups excluding carboxylic acids is 1. The van der Waals surface area contributed by atoms with E-state index in [2.05, 4.69) is 10.1 Å². The number of rotatable bonds is 7. The first-order valence-corrected chi connectivity index (χ1v) is 13.5. The first-order chi connectivity index (χ1) is 19.0. The van der Waals surface area contributed by atoms with Gasteiger partial charge in [0.05, 0.1) is 25.0 Å². The lowest BCUT2D eigenvalue weighted by Crippen LogP contribution is -2.49. The number of hydrogen-bond donors (Lipinski definition) is 0. The smallest absolute Gasteiger partial charge is 0.288 e. The fraction of sp³-hybridized carbons (Fsp3) is 0.414. The van der Waals surface area contributed by atoms with Gasteiger partial charge in [-0.05, 0) is 44.7 Å². The SMILES string of the molecule is Cc1cnn(C2CC2)c1-c1ncc2c(n1)N(Cc1ccc(-c3nc(C(C)(F)F)cn3C)cc1)CC(=O)N2C(C)C. The van der Waals surface area contributed by atoms with Crippen molar-refractivity contribution in [1.29, 1.82) is 0 Å². The number of imidazole rings is 1. The van der Waals surface area contributed by atoms with Crippen molar-refractivity contribution < 1.29 is 13.6 Å². The van der Waals surface area contributed by atoms with Crippen LogP contribution in [0.5, 0.6) is 0 Å². The van der Waals surface area contributed by atoms with E-state index in [1.807, 2.05) is 60.8 Å². The molecule has 4 heterocycles. The van der Waals surface area contributed by atoms with Crippen LogP contribution in [-0.4, -0.2) is 47.8 Å². The molecule has 6 rings (SSSR count). The summed E-state index contributed by atoms with van der Waals surface area (Å²) in [5.74, 6) is -1.27. The molecule has 1 fully saturated rings. The zero-order chi connectivity index (χ0) is 28.3. The number of amides is 1. The van der Waals surface area contributed by atoms with Crippen molar-refractivity contribution in [3.8, 4) is 22.9 Å². The summed E-state index contributed by atoms with van der Waals surface area (Å²) in [6, 6.07) is 7.93. The van der Waals surface area contributed by atoms with Crippen molar-refractivity contribution in [3.63, 3.8) is 0 Å². The molecule has 3 aromatic heterocycles. The van der Waals surface area contributed by atoms with Gasteiger partial charge in [0.25, 0.3) is 5.92 Å². The summed E-state index contributed by atoms with van der Waals surface area (Å²) in [5, 5.41) is 4.57. The summed E-state index contributed by atoms with van der Waals surface area (Å²) in [6.45, 7) is 7.44. The first-order valence-electron chi connectivity index (χ1n) is 13.5. The van der Waals surface area contributed by atoms with E-state index in [9.17, 15) is 13.6 Å². The number of halogens is 2. The molecule has 1 saturated carbocycles. The Kier molecular flexibility index (Phi) is 6.19. The minimum atomic E-state index is -3.01. The highest BCUT2D eigenvalue weighted by Crippen LogP contribution is 2.40. The lowest BCUT2D eigenvalue weighted by molar-refractivity contribution is -0.118. The lowest BCUT2D eigenvalue weighted by Gasteiger charge is -2.38. The Morgan fingerprint density at radius 3 is 2.45 bits per heavy atom. The summed E-state index contributed by atoms with van der Waals surface area (Å²) in [5.41, 5.74) is 4.03. The Balaban J connectivity index is 1.33. The minimum absolute atomic E-state index is 0.0179. The average Bonchev–Trinajstić information content (AvgIpc) is 3.55. The highest BCUT2D eigenvalue weighted by molar-refractivity contribution is 6.02. The molecule has 1 aliphatic heterocycles. The standard InChI is InChI=1S/C29H32F2N8O/c1-17(2)38-22-13-32-26(25-18(3)12-33-39(25)21-10-11-21)35-28(22)37(16-24(38)40)14-19-6-8-20(9-7-19)27-34-23(15-36(27)5)29(4,30)31/h6-9,12-13,15,17,21H,10-11,14,16H2,1-5H3. The molecule has 0 spiro atoms. The molecule has 0 radical (unpaired) electrons. The minimum Gasteiger partial charge on any atom is -0.341 e. The van der Waals surface area contributed by atoms with E-state index in [0.29, 0.717) is 35.7 Å². The van der Waals surface area contributed by atoms with E-state index in [1.54, 1.807) is 22.7 Å². The molecule has 1 aromatic carbocycles. The molecule has 0 unspecified atom stereocenters. The van der Waals surface area contributed by atoms with Crippen LogP contribution in [0.3, 0.4) is 0 Å². The number of hydrogen-bond acceptors (Lipinski definition) is 6. The number of fused-ring (bicyclic) bond motifs is 1. The van der Waals surface area contributed by atoms with Gasteiger partial charge in [0.2, 0.25) is 5.91 Å². The zero-order valence-electron chi connectivity index (χ0n) is 23.3. The van der Waals surface area contributed by atoms with Gasteiger partial charge in [-0.3, -0.25) is 9.48 Å². The third kappa shape index (κ3) is 4.63. The van der Waals surface area contributed by atoms with Gasteiger partial charge in [-0.25, -0.2) is 15.0 Å². The van der Waals surface area contributed by atoms with Gasteiger partial charge in [-0.2, -0.15) is 13.9 Å². The highest BCUT2D eigenvalue weighted by Gasteiger charge is 2.35. The third-order valence-electron chi connectivity index (χ3n) is 7.41. The van der Waals surface area contributed by atoms with Crippen LogP contribution in [0.1, 0.15) is 56.5 Å². The number of carbonyl (C=O) groups is 1. The molecule has 0 saturated heterocycles. The Hall–Kier alpha value is -4.15. The molecule has 0 atom stereocenters. The van der Waals surface area contributed by atoms with Gasteiger partial charge in [-0.1, -0.05) is 24.3 Å². The van der Waals surface area contributed by atoms with E-state index in [-0.39, 0.29) is 24.2 Å². The quantitative estimate of drug-likeness (QED) is 0.315. The number of anilines is 2. The number of nitrogens with zero attached hydrogens (tertiary/aromatic N) is 8. The van der Waals surface area contributed by atoms with Crippen LogP contribution in [0, 0.1) is 6.92 Å². The van der Waals surface area contributed by atoms with Crippen LogP contribution in [0.4, 0.5) is 20.3 Å². The molecule has 1 aliphatic carbocycles. The molecule has 2 aliphatic rings. The Morgan fingerprint density at radius 2 is 1.82 bits per heavy atom. The van der Waals surface area contributed by atoms with Crippen LogP contribution in [0.2, 0.25) is 0 Å². The highest BCUT2D eigenvalue weighted by atomic mass is 19.3. The van der Waals surface area contributed by atoms with Gasteiger partial charge in [0.15, 0.2) is 11.6 Å². The molecular formula is C29H32F2N8O. The number of alkyl halides is 2. The van der Waals surface area contributed by atoms with E-state index in [0.717, 1.165) is 42.1 Å². The molecule has 11 heteroatoms. The normalized spacial score (nSPS) is 15.8. The maximum Gasteiger partial charge on any atom is 0.288 e. The third-order valence-corrected chi connectivity index (χ3v) is 7.41. The summed E-state index contributed by atoms with van der Waals surface area (Å²) in [4.78, 5) is 30.8. The summed E-state index contributed by atoms with van der Waals surface area (Å²) < 4.78 is 31.2. The maximum absolute atomic E-state index is 13.8. The van der Waals surface area contributed by atoms with Gasteiger partial charge in [0, 0.05) is 38.3 Å². The second-order valence-corrected chi connectivity index (χ2v) is 11.1. The number of aromatic nitrogens is 6. The van der Waals surface area contributed by atoms with Crippen molar-refractivity contribution in [2.24, 2.45) is 7.05 Å². The van der Waals surface area contributed by atoms with Gasteiger partial charge < -0.3 is 14.4 Å². The zero-order valence-corrected chi connectivity index (χ0v) is 23.3.